The summed E-state index contributed by atoms with van der Waals surface area (Å²) in [6.45, 7) is 1.42. The van der Waals surface area contributed by atoms with Crippen molar-refractivity contribution in [3.8, 4) is 0 Å². The fourth-order valence-electron chi connectivity index (χ4n) is 0.952. The standard InChI is InChI=1S/C10H10O2.Ni/c1-8(11)7-10(12)9-5-3-2-4-6-9;/h2-6H,7H2,1H3;. The minimum atomic E-state index is -0.108. The van der Waals surface area contributed by atoms with E-state index >= 15 is 0 Å². The van der Waals surface area contributed by atoms with Crippen LogP contribution in [-0.2, 0) is 21.3 Å². The van der Waals surface area contributed by atoms with Crippen molar-refractivity contribution in [1.29, 1.82) is 0 Å². The van der Waals surface area contributed by atoms with Crippen LogP contribution in [0.1, 0.15) is 23.7 Å². The van der Waals surface area contributed by atoms with Crippen LogP contribution in [0, 0.1) is 0 Å². The third-order valence-electron chi connectivity index (χ3n) is 1.51. The van der Waals surface area contributed by atoms with Crippen LogP contribution >= 0.6 is 0 Å². The number of hydrogen-bond donors (Lipinski definition) is 0. The normalized spacial score (nSPS) is 8.69. The van der Waals surface area contributed by atoms with Gasteiger partial charge in [-0.3, -0.25) is 9.59 Å². The first-order valence-corrected chi connectivity index (χ1v) is 3.78. The number of hydrogen-bond acceptors (Lipinski definition) is 2. The monoisotopic (exact) mass is 220 g/mol. The summed E-state index contributed by atoms with van der Waals surface area (Å²) in [5, 5.41) is 0. The molecule has 0 amide bonds. The van der Waals surface area contributed by atoms with Crippen molar-refractivity contribution in [2.24, 2.45) is 0 Å². The first kappa shape index (κ1) is 12.1. The molecule has 0 unspecified atom stereocenters. The van der Waals surface area contributed by atoms with E-state index in [1.165, 1.54) is 6.92 Å². The van der Waals surface area contributed by atoms with Gasteiger partial charge in [-0.1, -0.05) is 30.3 Å². The molecule has 0 aromatic heterocycles. The summed E-state index contributed by atoms with van der Waals surface area (Å²) in [6.07, 6.45) is 0.00398. The Balaban J connectivity index is 0.00000144. The number of benzene rings is 1. The summed E-state index contributed by atoms with van der Waals surface area (Å²) >= 11 is 0. The fourth-order valence-corrected chi connectivity index (χ4v) is 0.952. The predicted molar refractivity (Wildman–Crippen MR) is 46.1 cm³/mol. The molecule has 3 heteroatoms. The molecule has 0 N–H and O–H groups in total. The number of carbonyl (C=O) groups is 2. The Morgan fingerprint density at radius 3 is 2.15 bits per heavy atom. The Morgan fingerprint density at radius 2 is 1.69 bits per heavy atom. The van der Waals surface area contributed by atoms with Gasteiger partial charge in [-0.15, -0.1) is 0 Å². The molecule has 1 aromatic carbocycles. The van der Waals surface area contributed by atoms with Gasteiger partial charge in [0.25, 0.3) is 0 Å². The van der Waals surface area contributed by atoms with E-state index < -0.39 is 0 Å². The Kier molecular flexibility index (Phi) is 5.24. The van der Waals surface area contributed by atoms with Gasteiger partial charge in [0.1, 0.15) is 5.78 Å². The van der Waals surface area contributed by atoms with E-state index in [-0.39, 0.29) is 34.5 Å². The van der Waals surface area contributed by atoms with E-state index in [4.69, 9.17) is 0 Å². The SMILES string of the molecule is CC(=O)CC(=O)c1ccccc1.[Ni]. The van der Waals surface area contributed by atoms with Gasteiger partial charge >= 0.3 is 0 Å². The summed E-state index contributed by atoms with van der Waals surface area (Å²) in [7, 11) is 0. The van der Waals surface area contributed by atoms with Gasteiger partial charge in [0.05, 0.1) is 6.42 Å². The molecule has 1 aromatic rings. The summed E-state index contributed by atoms with van der Waals surface area (Å²) < 4.78 is 0. The van der Waals surface area contributed by atoms with E-state index in [0.717, 1.165) is 0 Å². The van der Waals surface area contributed by atoms with E-state index in [1.807, 2.05) is 6.07 Å². The molecule has 0 fully saturated rings. The van der Waals surface area contributed by atoms with Gasteiger partial charge in [-0.25, -0.2) is 0 Å². The van der Waals surface area contributed by atoms with Crippen molar-refractivity contribution in [3.05, 3.63) is 35.9 Å². The third kappa shape index (κ3) is 4.00. The maximum absolute atomic E-state index is 11.2. The van der Waals surface area contributed by atoms with Crippen LogP contribution in [0.4, 0.5) is 0 Å². The van der Waals surface area contributed by atoms with Crippen molar-refractivity contribution < 1.29 is 26.1 Å². The molecule has 0 radical (unpaired) electrons. The van der Waals surface area contributed by atoms with Crippen molar-refractivity contribution >= 4 is 11.6 Å². The van der Waals surface area contributed by atoms with Gasteiger partial charge in [-0.05, 0) is 6.92 Å². The molecule has 0 saturated carbocycles. The zero-order chi connectivity index (χ0) is 8.97. The average Bonchev–Trinajstić information content (AvgIpc) is 2.05. The fraction of sp³-hybridized carbons (Fsp3) is 0.200. The summed E-state index contributed by atoms with van der Waals surface area (Å²) in [4.78, 5) is 21.8. The maximum Gasteiger partial charge on any atom is 0.170 e. The number of rotatable bonds is 3. The molecule has 13 heavy (non-hydrogen) atoms. The van der Waals surface area contributed by atoms with Crippen LogP contribution in [0.5, 0.6) is 0 Å². The second-order valence-corrected chi connectivity index (χ2v) is 2.67. The van der Waals surface area contributed by atoms with Gasteiger partial charge in [-0.2, -0.15) is 0 Å². The summed E-state index contributed by atoms with van der Waals surface area (Å²) in [5.41, 5.74) is 0.604. The molecule has 0 aliphatic rings. The van der Waals surface area contributed by atoms with E-state index in [2.05, 4.69) is 0 Å². The molecule has 0 atom stereocenters. The number of ketones is 2. The molecular weight excluding hydrogens is 211 g/mol. The maximum atomic E-state index is 11.2. The van der Waals surface area contributed by atoms with Crippen LogP contribution in [0.25, 0.3) is 0 Å². The first-order chi connectivity index (χ1) is 5.70. The Hall–Kier alpha value is -0.946. The van der Waals surface area contributed by atoms with Gasteiger partial charge in [0.2, 0.25) is 0 Å². The smallest absolute Gasteiger partial charge is 0.170 e. The van der Waals surface area contributed by atoms with E-state index in [9.17, 15) is 9.59 Å². The largest absolute Gasteiger partial charge is 0.300 e. The van der Waals surface area contributed by atoms with Crippen molar-refractivity contribution in [2.75, 3.05) is 0 Å². The molecule has 72 valence electrons. The van der Waals surface area contributed by atoms with Gasteiger partial charge < -0.3 is 0 Å². The minimum Gasteiger partial charge on any atom is -0.300 e. The molecular formula is C10H10NiO2. The Labute approximate surface area is 87.3 Å². The summed E-state index contributed by atoms with van der Waals surface area (Å²) in [6, 6.07) is 8.84. The van der Waals surface area contributed by atoms with Crippen LogP contribution in [-0.4, -0.2) is 11.6 Å². The first-order valence-electron chi connectivity index (χ1n) is 3.78. The second kappa shape index (κ2) is 5.66. The molecule has 0 aliphatic carbocycles. The van der Waals surface area contributed by atoms with Crippen LogP contribution in [0.2, 0.25) is 0 Å². The minimum absolute atomic E-state index is 0. The molecule has 0 spiro atoms. The predicted octanol–water partition coefficient (Wildman–Crippen LogP) is 1.85. The van der Waals surface area contributed by atoms with Gasteiger partial charge in [0.15, 0.2) is 5.78 Å². The van der Waals surface area contributed by atoms with Crippen molar-refractivity contribution in [2.45, 2.75) is 13.3 Å². The topological polar surface area (TPSA) is 34.1 Å². The molecule has 0 aliphatic heterocycles. The van der Waals surface area contributed by atoms with E-state index in [1.54, 1.807) is 24.3 Å². The summed E-state index contributed by atoms with van der Waals surface area (Å²) in [5.74, 6) is -0.202. The Bertz CT molecular complexity index is 293. The molecule has 1 rings (SSSR count). The molecule has 2 nitrogen and oxygen atoms in total. The van der Waals surface area contributed by atoms with Gasteiger partial charge in [0, 0.05) is 22.1 Å². The molecule has 0 bridgehead atoms. The van der Waals surface area contributed by atoms with Crippen molar-refractivity contribution in [1.82, 2.24) is 0 Å². The average molecular weight is 221 g/mol. The van der Waals surface area contributed by atoms with Crippen LogP contribution in [0.3, 0.4) is 0 Å². The van der Waals surface area contributed by atoms with E-state index in [0.29, 0.717) is 5.56 Å². The molecule has 0 heterocycles. The van der Waals surface area contributed by atoms with Crippen molar-refractivity contribution in [3.63, 3.8) is 0 Å². The van der Waals surface area contributed by atoms with Crippen LogP contribution in [0.15, 0.2) is 30.3 Å². The zero-order valence-corrected chi connectivity index (χ0v) is 8.21. The number of Topliss-reactive ketones (excluding diaryl/α,β-unsaturated/α-hetero) is 2. The molecule has 0 saturated heterocycles. The van der Waals surface area contributed by atoms with Crippen LogP contribution < -0.4 is 0 Å². The quantitative estimate of drug-likeness (QED) is 0.443. The Morgan fingerprint density at radius 1 is 1.15 bits per heavy atom. The number of carbonyl (C=O) groups excluding carboxylic acids is 2. The third-order valence-corrected chi connectivity index (χ3v) is 1.51. The second-order valence-electron chi connectivity index (χ2n) is 2.67. The zero-order valence-electron chi connectivity index (χ0n) is 7.23.